The van der Waals surface area contributed by atoms with Crippen LogP contribution in [0.2, 0.25) is 0 Å². The molecule has 0 fully saturated rings. The van der Waals surface area contributed by atoms with Gasteiger partial charge in [0.2, 0.25) is 0 Å². The zero-order chi connectivity index (χ0) is 12.7. The average Bonchev–Trinajstić information content (AvgIpc) is 2.35. The molecule has 5 nitrogen and oxygen atoms in total. The largest absolute Gasteiger partial charge is 0.504 e. The molecule has 0 aliphatic rings. The van der Waals surface area contributed by atoms with Gasteiger partial charge in [0.15, 0.2) is 11.5 Å². The van der Waals surface area contributed by atoms with Gasteiger partial charge in [0.1, 0.15) is 0 Å². The van der Waals surface area contributed by atoms with Gasteiger partial charge in [0.25, 0.3) is 0 Å². The Bertz CT molecular complexity index is 343. The first-order valence-electron chi connectivity index (χ1n) is 5.42. The van der Waals surface area contributed by atoms with Gasteiger partial charge in [-0.15, -0.1) is 0 Å². The highest BCUT2D eigenvalue weighted by Gasteiger charge is 2.08. The van der Waals surface area contributed by atoms with Crippen molar-refractivity contribution in [3.63, 3.8) is 0 Å². The van der Waals surface area contributed by atoms with E-state index in [1.807, 2.05) is 13.0 Å². The fourth-order valence-electron chi connectivity index (χ4n) is 1.34. The van der Waals surface area contributed by atoms with Gasteiger partial charge in [0.05, 0.1) is 26.4 Å². The maximum absolute atomic E-state index is 9.47. The monoisotopic (exact) mass is 241 g/mol. The highest BCUT2D eigenvalue weighted by Crippen LogP contribution is 2.28. The van der Waals surface area contributed by atoms with Gasteiger partial charge in [-0.2, -0.15) is 5.48 Å². The predicted octanol–water partition coefficient (Wildman–Crippen LogP) is 1.63. The smallest absolute Gasteiger partial charge is 0.160 e. The SMILES string of the molecule is COCCONC(C)c1ccc(O)c(OC)c1. The normalized spacial score (nSPS) is 12.4. The number of hydroxylamine groups is 1. The number of methoxy groups -OCH3 is 2. The van der Waals surface area contributed by atoms with Crippen molar-refractivity contribution in [3.8, 4) is 11.5 Å². The molecule has 5 heteroatoms. The Kier molecular flexibility index (Phi) is 5.76. The number of rotatable bonds is 7. The Balaban J connectivity index is 2.53. The lowest BCUT2D eigenvalue weighted by molar-refractivity contribution is -0.00927. The maximum Gasteiger partial charge on any atom is 0.160 e. The number of ether oxygens (including phenoxy) is 2. The summed E-state index contributed by atoms with van der Waals surface area (Å²) in [7, 11) is 3.14. The molecular formula is C12H19NO4. The third-order valence-electron chi connectivity index (χ3n) is 2.35. The molecule has 0 spiro atoms. The number of benzene rings is 1. The van der Waals surface area contributed by atoms with Gasteiger partial charge in [-0.1, -0.05) is 6.07 Å². The molecule has 1 atom stereocenters. The van der Waals surface area contributed by atoms with Crippen LogP contribution < -0.4 is 10.2 Å². The summed E-state index contributed by atoms with van der Waals surface area (Å²) in [5.41, 5.74) is 3.86. The third kappa shape index (κ3) is 4.22. The van der Waals surface area contributed by atoms with Crippen LogP contribution in [0, 0.1) is 0 Å². The molecule has 0 aliphatic carbocycles. The molecule has 1 aromatic carbocycles. The number of phenols is 1. The molecule has 0 amide bonds. The van der Waals surface area contributed by atoms with Gasteiger partial charge < -0.3 is 14.6 Å². The summed E-state index contributed by atoms with van der Waals surface area (Å²) >= 11 is 0. The number of hydrogen-bond acceptors (Lipinski definition) is 5. The molecule has 0 aromatic heterocycles. The van der Waals surface area contributed by atoms with Crippen LogP contribution in [0.25, 0.3) is 0 Å². The predicted molar refractivity (Wildman–Crippen MR) is 64.0 cm³/mol. The van der Waals surface area contributed by atoms with Crippen molar-refractivity contribution in [2.24, 2.45) is 0 Å². The summed E-state index contributed by atoms with van der Waals surface area (Å²) in [4.78, 5) is 5.22. The third-order valence-corrected chi connectivity index (χ3v) is 2.35. The molecular weight excluding hydrogens is 222 g/mol. The molecule has 1 rings (SSSR count). The minimum Gasteiger partial charge on any atom is -0.504 e. The fraction of sp³-hybridized carbons (Fsp3) is 0.500. The molecule has 0 saturated heterocycles. The first-order valence-corrected chi connectivity index (χ1v) is 5.42. The van der Waals surface area contributed by atoms with E-state index in [0.717, 1.165) is 5.56 Å². The van der Waals surface area contributed by atoms with Crippen molar-refractivity contribution in [1.82, 2.24) is 5.48 Å². The second-order valence-electron chi connectivity index (χ2n) is 3.61. The van der Waals surface area contributed by atoms with Gasteiger partial charge in [0, 0.05) is 7.11 Å². The molecule has 0 radical (unpaired) electrons. The standard InChI is InChI=1S/C12H19NO4/c1-9(13-17-7-6-15-2)10-4-5-11(14)12(8-10)16-3/h4-5,8-9,13-14H,6-7H2,1-3H3. The highest BCUT2D eigenvalue weighted by atomic mass is 16.7. The molecule has 1 unspecified atom stereocenters. The summed E-state index contributed by atoms with van der Waals surface area (Å²) in [6.45, 7) is 2.98. The lowest BCUT2D eigenvalue weighted by Gasteiger charge is -2.15. The molecule has 0 bridgehead atoms. The van der Waals surface area contributed by atoms with Crippen molar-refractivity contribution in [3.05, 3.63) is 23.8 Å². The van der Waals surface area contributed by atoms with Gasteiger partial charge in [-0.25, -0.2) is 0 Å². The van der Waals surface area contributed by atoms with Crippen molar-refractivity contribution < 1.29 is 19.4 Å². The molecule has 96 valence electrons. The molecule has 0 heterocycles. The Morgan fingerprint density at radius 2 is 2.06 bits per heavy atom. The summed E-state index contributed by atoms with van der Waals surface area (Å²) in [6, 6.07) is 5.19. The second-order valence-corrected chi connectivity index (χ2v) is 3.61. The molecule has 2 N–H and O–H groups in total. The molecule has 1 aromatic rings. The van der Waals surface area contributed by atoms with Crippen LogP contribution in [0.5, 0.6) is 11.5 Å². The van der Waals surface area contributed by atoms with Crippen LogP contribution in [-0.2, 0) is 9.57 Å². The topological polar surface area (TPSA) is 60.0 Å². The lowest BCUT2D eigenvalue weighted by atomic mass is 10.1. The summed E-state index contributed by atoms with van der Waals surface area (Å²) in [5, 5.41) is 9.47. The van der Waals surface area contributed by atoms with E-state index >= 15 is 0 Å². The van der Waals surface area contributed by atoms with Gasteiger partial charge in [-0.3, -0.25) is 4.84 Å². The fourth-order valence-corrected chi connectivity index (χ4v) is 1.34. The first kappa shape index (κ1) is 13.8. The van der Waals surface area contributed by atoms with Crippen molar-refractivity contribution in [2.75, 3.05) is 27.4 Å². The van der Waals surface area contributed by atoms with Gasteiger partial charge >= 0.3 is 0 Å². The van der Waals surface area contributed by atoms with Gasteiger partial charge in [-0.05, 0) is 24.6 Å². The summed E-state index contributed by atoms with van der Waals surface area (Å²) in [6.07, 6.45) is 0. The Morgan fingerprint density at radius 1 is 1.29 bits per heavy atom. The number of phenolic OH excluding ortho intramolecular Hbond substituents is 1. The van der Waals surface area contributed by atoms with Crippen molar-refractivity contribution in [2.45, 2.75) is 13.0 Å². The summed E-state index contributed by atoms with van der Waals surface area (Å²) in [5.74, 6) is 0.580. The van der Waals surface area contributed by atoms with E-state index in [2.05, 4.69) is 5.48 Å². The van der Waals surface area contributed by atoms with E-state index in [1.165, 1.54) is 7.11 Å². The van der Waals surface area contributed by atoms with E-state index in [-0.39, 0.29) is 11.8 Å². The van der Waals surface area contributed by atoms with E-state index in [0.29, 0.717) is 19.0 Å². The zero-order valence-electron chi connectivity index (χ0n) is 10.4. The first-order chi connectivity index (χ1) is 8.19. The van der Waals surface area contributed by atoms with Crippen molar-refractivity contribution >= 4 is 0 Å². The van der Waals surface area contributed by atoms with Crippen LogP contribution in [0.4, 0.5) is 0 Å². The minimum atomic E-state index is 0.00126. The van der Waals surface area contributed by atoms with Crippen LogP contribution in [0.1, 0.15) is 18.5 Å². The second kappa shape index (κ2) is 7.11. The van der Waals surface area contributed by atoms with Crippen molar-refractivity contribution in [1.29, 1.82) is 0 Å². The lowest BCUT2D eigenvalue weighted by Crippen LogP contribution is -2.21. The van der Waals surface area contributed by atoms with E-state index in [1.54, 1.807) is 19.2 Å². The Labute approximate surface area is 101 Å². The Hall–Kier alpha value is -1.30. The van der Waals surface area contributed by atoms with Crippen LogP contribution in [0.15, 0.2) is 18.2 Å². The van der Waals surface area contributed by atoms with E-state index in [9.17, 15) is 5.11 Å². The molecule has 0 saturated carbocycles. The quantitative estimate of drug-likeness (QED) is 0.561. The number of hydrogen-bond donors (Lipinski definition) is 2. The zero-order valence-corrected chi connectivity index (χ0v) is 10.4. The average molecular weight is 241 g/mol. The van der Waals surface area contributed by atoms with E-state index < -0.39 is 0 Å². The highest BCUT2D eigenvalue weighted by molar-refractivity contribution is 5.42. The number of nitrogens with one attached hydrogen (secondary N) is 1. The molecule has 17 heavy (non-hydrogen) atoms. The molecule has 0 aliphatic heterocycles. The Morgan fingerprint density at radius 3 is 2.71 bits per heavy atom. The van der Waals surface area contributed by atoms with E-state index in [4.69, 9.17) is 14.3 Å². The minimum absolute atomic E-state index is 0.00126. The van der Waals surface area contributed by atoms with Crippen LogP contribution >= 0.6 is 0 Å². The van der Waals surface area contributed by atoms with Crippen LogP contribution in [-0.4, -0.2) is 32.5 Å². The number of aromatic hydroxyl groups is 1. The maximum atomic E-state index is 9.47. The summed E-state index contributed by atoms with van der Waals surface area (Å²) < 4.78 is 9.90. The van der Waals surface area contributed by atoms with Crippen LogP contribution in [0.3, 0.4) is 0 Å².